The number of nitrogen functional groups attached to an aromatic ring is 1. The summed E-state index contributed by atoms with van der Waals surface area (Å²) in [7, 11) is 0. The van der Waals surface area contributed by atoms with E-state index in [1.165, 1.54) is 0 Å². The lowest BCUT2D eigenvalue weighted by Gasteiger charge is -2.32. The summed E-state index contributed by atoms with van der Waals surface area (Å²) in [5, 5.41) is 3.44. The SMILES string of the molecule is Nc1c(Cl)cc(NC(=O)C2CCCN(C(=O)C3CC3)C2)cc1Cl. The molecule has 1 aliphatic carbocycles. The van der Waals surface area contributed by atoms with Crippen molar-refractivity contribution in [3.8, 4) is 0 Å². The number of hydrogen-bond acceptors (Lipinski definition) is 3. The molecular formula is C16H19Cl2N3O2. The van der Waals surface area contributed by atoms with Crippen LogP contribution in [0, 0.1) is 11.8 Å². The van der Waals surface area contributed by atoms with Crippen LogP contribution in [0.2, 0.25) is 10.0 Å². The molecule has 5 nitrogen and oxygen atoms in total. The number of carbonyl (C=O) groups excluding carboxylic acids is 2. The molecule has 2 fully saturated rings. The van der Waals surface area contributed by atoms with Crippen molar-refractivity contribution in [2.45, 2.75) is 25.7 Å². The summed E-state index contributed by atoms with van der Waals surface area (Å²) in [4.78, 5) is 26.4. The minimum atomic E-state index is -0.207. The summed E-state index contributed by atoms with van der Waals surface area (Å²) in [6.45, 7) is 1.23. The van der Waals surface area contributed by atoms with Gasteiger partial charge in [0.1, 0.15) is 0 Å². The van der Waals surface area contributed by atoms with E-state index in [2.05, 4.69) is 5.32 Å². The van der Waals surface area contributed by atoms with Crippen molar-refractivity contribution < 1.29 is 9.59 Å². The van der Waals surface area contributed by atoms with Crippen LogP contribution in [0.15, 0.2) is 12.1 Å². The molecule has 2 aliphatic rings. The molecule has 3 rings (SSSR count). The molecule has 23 heavy (non-hydrogen) atoms. The average Bonchev–Trinajstić information content (AvgIpc) is 3.36. The van der Waals surface area contributed by atoms with Crippen LogP contribution in [-0.4, -0.2) is 29.8 Å². The predicted molar refractivity (Wildman–Crippen MR) is 91.5 cm³/mol. The predicted octanol–water partition coefficient (Wildman–Crippen LogP) is 3.16. The number of halogens is 2. The summed E-state index contributed by atoms with van der Waals surface area (Å²) in [6.07, 6.45) is 3.58. The molecule has 2 amide bonds. The van der Waals surface area contributed by atoms with Crippen molar-refractivity contribution in [3.05, 3.63) is 22.2 Å². The Bertz CT molecular complexity index is 623. The Hall–Kier alpha value is -1.46. The highest BCUT2D eigenvalue weighted by atomic mass is 35.5. The second-order valence-electron chi connectivity index (χ2n) is 6.24. The van der Waals surface area contributed by atoms with Crippen LogP contribution in [0.5, 0.6) is 0 Å². The van der Waals surface area contributed by atoms with E-state index in [1.807, 2.05) is 4.90 Å². The summed E-state index contributed by atoms with van der Waals surface area (Å²) in [5.74, 6) is 0.0596. The molecule has 1 aromatic carbocycles. The molecule has 1 saturated heterocycles. The Morgan fingerprint density at radius 3 is 2.39 bits per heavy atom. The van der Waals surface area contributed by atoms with E-state index in [-0.39, 0.29) is 23.7 Å². The Kier molecular flexibility index (Phi) is 4.69. The van der Waals surface area contributed by atoms with Gasteiger partial charge in [0, 0.05) is 24.7 Å². The lowest BCUT2D eigenvalue weighted by atomic mass is 9.96. The molecule has 1 unspecified atom stereocenters. The van der Waals surface area contributed by atoms with Crippen LogP contribution in [0.1, 0.15) is 25.7 Å². The molecule has 124 valence electrons. The molecule has 0 spiro atoms. The number of rotatable bonds is 3. The summed E-state index contributed by atoms with van der Waals surface area (Å²) in [6, 6.07) is 3.16. The van der Waals surface area contributed by atoms with Crippen molar-refractivity contribution in [2.75, 3.05) is 24.1 Å². The average molecular weight is 356 g/mol. The minimum absolute atomic E-state index is 0.116. The Balaban J connectivity index is 1.64. The fourth-order valence-corrected chi connectivity index (χ4v) is 3.37. The molecular weight excluding hydrogens is 337 g/mol. The Labute approximate surface area is 145 Å². The van der Waals surface area contributed by atoms with Gasteiger partial charge in [-0.15, -0.1) is 0 Å². The van der Waals surface area contributed by atoms with Gasteiger partial charge in [-0.05, 0) is 37.8 Å². The van der Waals surface area contributed by atoms with Crippen molar-refractivity contribution in [1.29, 1.82) is 0 Å². The first-order chi connectivity index (χ1) is 11.0. The van der Waals surface area contributed by atoms with E-state index in [4.69, 9.17) is 28.9 Å². The van der Waals surface area contributed by atoms with Crippen LogP contribution in [0.4, 0.5) is 11.4 Å². The second kappa shape index (κ2) is 6.57. The second-order valence-corrected chi connectivity index (χ2v) is 7.05. The highest BCUT2D eigenvalue weighted by Crippen LogP contribution is 2.33. The van der Waals surface area contributed by atoms with Gasteiger partial charge in [-0.2, -0.15) is 0 Å². The van der Waals surface area contributed by atoms with Crippen LogP contribution in [0.25, 0.3) is 0 Å². The molecule has 0 radical (unpaired) electrons. The van der Waals surface area contributed by atoms with Crippen LogP contribution >= 0.6 is 23.2 Å². The van der Waals surface area contributed by atoms with Gasteiger partial charge in [-0.1, -0.05) is 23.2 Å². The summed E-state index contributed by atoms with van der Waals surface area (Å²) in [5.41, 5.74) is 6.50. The van der Waals surface area contributed by atoms with Crippen molar-refractivity contribution >= 4 is 46.4 Å². The zero-order chi connectivity index (χ0) is 16.6. The number of anilines is 2. The Morgan fingerprint density at radius 2 is 1.78 bits per heavy atom. The topological polar surface area (TPSA) is 75.4 Å². The number of hydrogen-bond donors (Lipinski definition) is 2. The highest BCUT2D eigenvalue weighted by molar-refractivity contribution is 6.39. The minimum Gasteiger partial charge on any atom is -0.396 e. The standard InChI is InChI=1S/C16H19Cl2N3O2/c17-12-6-11(7-13(18)14(12)19)20-15(22)10-2-1-5-21(8-10)16(23)9-3-4-9/h6-7,9-10H,1-5,8,19H2,(H,20,22). The number of carbonyl (C=O) groups is 2. The quantitative estimate of drug-likeness (QED) is 0.817. The van der Waals surface area contributed by atoms with Gasteiger partial charge in [0.25, 0.3) is 0 Å². The molecule has 7 heteroatoms. The van der Waals surface area contributed by atoms with E-state index < -0.39 is 0 Å². The normalized spacial score (nSPS) is 21.1. The fraction of sp³-hybridized carbons (Fsp3) is 0.500. The van der Waals surface area contributed by atoms with Crippen molar-refractivity contribution in [1.82, 2.24) is 4.90 Å². The van der Waals surface area contributed by atoms with Gasteiger partial charge >= 0.3 is 0 Å². The van der Waals surface area contributed by atoms with Crippen LogP contribution < -0.4 is 11.1 Å². The zero-order valence-electron chi connectivity index (χ0n) is 12.6. The lowest BCUT2D eigenvalue weighted by Crippen LogP contribution is -2.44. The first kappa shape index (κ1) is 16.4. The molecule has 1 heterocycles. The highest BCUT2D eigenvalue weighted by Gasteiger charge is 2.36. The van der Waals surface area contributed by atoms with Gasteiger partial charge in [0.15, 0.2) is 0 Å². The molecule has 0 bridgehead atoms. The molecule has 0 aromatic heterocycles. The number of nitrogens with two attached hydrogens (primary N) is 1. The van der Waals surface area contributed by atoms with E-state index in [0.29, 0.717) is 28.0 Å². The monoisotopic (exact) mass is 355 g/mol. The van der Waals surface area contributed by atoms with Crippen molar-refractivity contribution in [3.63, 3.8) is 0 Å². The van der Waals surface area contributed by atoms with Gasteiger partial charge < -0.3 is 16.0 Å². The molecule has 1 aromatic rings. The van der Waals surface area contributed by atoms with Gasteiger partial charge in [-0.3, -0.25) is 9.59 Å². The van der Waals surface area contributed by atoms with Crippen LogP contribution in [-0.2, 0) is 9.59 Å². The molecule has 1 aliphatic heterocycles. The Morgan fingerprint density at radius 1 is 1.13 bits per heavy atom. The number of amides is 2. The number of benzene rings is 1. The number of nitrogens with one attached hydrogen (secondary N) is 1. The zero-order valence-corrected chi connectivity index (χ0v) is 14.2. The number of nitrogens with zero attached hydrogens (tertiary/aromatic N) is 1. The maximum atomic E-state index is 12.5. The number of piperidine rings is 1. The van der Waals surface area contributed by atoms with Gasteiger partial charge in [-0.25, -0.2) is 0 Å². The van der Waals surface area contributed by atoms with E-state index in [1.54, 1.807) is 12.1 Å². The molecule has 3 N–H and O–H groups in total. The lowest BCUT2D eigenvalue weighted by molar-refractivity contribution is -0.135. The third-order valence-corrected chi connectivity index (χ3v) is 5.00. The van der Waals surface area contributed by atoms with Gasteiger partial charge in [0.05, 0.1) is 21.7 Å². The van der Waals surface area contributed by atoms with E-state index >= 15 is 0 Å². The molecule has 1 atom stereocenters. The fourth-order valence-electron chi connectivity index (χ4n) is 2.88. The third kappa shape index (κ3) is 3.72. The maximum Gasteiger partial charge on any atom is 0.229 e. The molecule has 1 saturated carbocycles. The van der Waals surface area contributed by atoms with Crippen molar-refractivity contribution in [2.24, 2.45) is 11.8 Å². The first-order valence-electron chi connectivity index (χ1n) is 7.80. The summed E-state index contributed by atoms with van der Waals surface area (Å²) < 4.78 is 0. The maximum absolute atomic E-state index is 12.5. The largest absolute Gasteiger partial charge is 0.396 e. The van der Waals surface area contributed by atoms with E-state index in [0.717, 1.165) is 32.2 Å². The summed E-state index contributed by atoms with van der Waals surface area (Å²) >= 11 is 12.0. The van der Waals surface area contributed by atoms with Crippen LogP contribution in [0.3, 0.4) is 0 Å². The van der Waals surface area contributed by atoms with Gasteiger partial charge in [0.2, 0.25) is 11.8 Å². The smallest absolute Gasteiger partial charge is 0.229 e. The third-order valence-electron chi connectivity index (χ3n) is 4.38. The first-order valence-corrected chi connectivity index (χ1v) is 8.55. The van der Waals surface area contributed by atoms with E-state index in [9.17, 15) is 9.59 Å². The number of likely N-dealkylation sites (tertiary alicyclic amines) is 1.